The van der Waals surface area contributed by atoms with Crippen LogP contribution in [-0.2, 0) is 23.2 Å². The number of aryl methyl sites for hydroxylation is 1. The van der Waals surface area contributed by atoms with Crippen LogP contribution in [0.15, 0.2) is 60.7 Å². The number of hydrogen-bond donors (Lipinski definition) is 1. The van der Waals surface area contributed by atoms with Crippen molar-refractivity contribution in [1.82, 2.24) is 0 Å². The molecule has 0 unspecified atom stereocenters. The first-order valence-electron chi connectivity index (χ1n) is 14.2. The molecule has 3 aromatic rings. The number of fused-ring (bicyclic) bond motifs is 2. The Morgan fingerprint density at radius 1 is 0.950 bits per heavy atom. The molecule has 4 nitrogen and oxygen atoms in total. The lowest BCUT2D eigenvalue weighted by molar-refractivity contribution is -0.139. The Balaban J connectivity index is 1.32. The molecule has 6 rings (SSSR count). The zero-order valence-electron chi connectivity index (χ0n) is 23.9. The molecule has 208 valence electrons. The van der Waals surface area contributed by atoms with E-state index in [4.69, 9.17) is 9.47 Å². The van der Waals surface area contributed by atoms with Gasteiger partial charge in [-0.3, -0.25) is 4.79 Å². The summed E-state index contributed by atoms with van der Waals surface area (Å²) < 4.78 is 26.8. The van der Waals surface area contributed by atoms with Crippen LogP contribution in [0.1, 0.15) is 69.2 Å². The lowest BCUT2D eigenvalue weighted by Crippen LogP contribution is -2.13. The van der Waals surface area contributed by atoms with Crippen LogP contribution < -0.4 is 9.47 Å². The summed E-state index contributed by atoms with van der Waals surface area (Å²) >= 11 is 0. The molecule has 0 amide bonds. The third-order valence-corrected chi connectivity index (χ3v) is 9.97. The molecule has 2 atom stereocenters. The van der Waals surface area contributed by atoms with Gasteiger partial charge in [0, 0.05) is 11.0 Å². The van der Waals surface area contributed by atoms with E-state index in [9.17, 15) is 9.90 Å². The van der Waals surface area contributed by atoms with Gasteiger partial charge in [-0.15, -0.1) is 0 Å². The van der Waals surface area contributed by atoms with Gasteiger partial charge in [0.25, 0.3) is 0 Å². The Hall–Kier alpha value is -3.60. The maximum absolute atomic E-state index is 15.1. The monoisotopic (exact) mass is 540 g/mol. The molecule has 40 heavy (non-hydrogen) atoms. The van der Waals surface area contributed by atoms with E-state index in [1.165, 1.54) is 17.2 Å². The Labute approximate surface area is 235 Å². The first kappa shape index (κ1) is 26.6. The average Bonchev–Trinajstić information content (AvgIpc) is 3.16. The summed E-state index contributed by atoms with van der Waals surface area (Å²) in [5.74, 6) is 0.00163. The second kappa shape index (κ2) is 9.22. The van der Waals surface area contributed by atoms with E-state index in [1.807, 2.05) is 18.2 Å². The first-order valence-corrected chi connectivity index (χ1v) is 14.2. The predicted molar refractivity (Wildman–Crippen MR) is 155 cm³/mol. The molecule has 3 aliphatic rings. The average molecular weight is 541 g/mol. The summed E-state index contributed by atoms with van der Waals surface area (Å²) in [5.41, 5.74) is 6.36. The van der Waals surface area contributed by atoms with Crippen molar-refractivity contribution in [2.45, 2.75) is 65.4 Å². The number of rotatable bonds is 7. The van der Waals surface area contributed by atoms with Crippen molar-refractivity contribution in [3.8, 4) is 22.6 Å². The summed E-state index contributed by atoms with van der Waals surface area (Å²) in [6, 6.07) is 17.1. The van der Waals surface area contributed by atoms with Crippen molar-refractivity contribution in [3.63, 3.8) is 0 Å². The molecule has 0 aromatic heterocycles. The van der Waals surface area contributed by atoms with Crippen molar-refractivity contribution in [3.05, 3.63) is 88.7 Å². The number of aliphatic carboxylic acids is 1. The van der Waals surface area contributed by atoms with E-state index < -0.39 is 5.97 Å². The van der Waals surface area contributed by atoms with E-state index in [0.717, 1.165) is 53.7 Å². The summed E-state index contributed by atoms with van der Waals surface area (Å²) in [7, 11) is 1.59. The van der Waals surface area contributed by atoms with Crippen LogP contribution in [0, 0.1) is 22.6 Å². The number of halogens is 1. The van der Waals surface area contributed by atoms with Gasteiger partial charge in [0.05, 0.1) is 13.0 Å². The van der Waals surface area contributed by atoms with E-state index in [-0.39, 0.29) is 28.0 Å². The smallest absolute Gasteiger partial charge is 0.308 e. The zero-order chi connectivity index (χ0) is 28.4. The molecule has 0 bridgehead atoms. The molecule has 5 heteroatoms. The molecule has 0 heterocycles. The standard InChI is InChI=1S/C35H37FO4/c1-33(2)15-6-7-28(33)26-17-21(8-12-25(26)27-18-23(39-5)11-13-30(27)36)20-40-24-10-9-22-14-16-35(29(22)19-24)31(32(37)38)34(35,3)4/h7-13,17-19,31H,6,14-16,20H2,1-5H3,(H,37,38)/t31-,35-/m1/s1. The van der Waals surface area contributed by atoms with Crippen LogP contribution in [0.2, 0.25) is 0 Å². The SMILES string of the molecule is COc1ccc(F)c(-c2ccc(COc3ccc4c(c3)[C@]3(CC4)[C@H](C(=O)O)C3(C)C)cc2C2=CCCC2(C)C)c1. The Morgan fingerprint density at radius 2 is 1.73 bits per heavy atom. The highest BCUT2D eigenvalue weighted by molar-refractivity contribution is 5.85. The second-order valence-corrected chi connectivity index (χ2v) is 12.8. The van der Waals surface area contributed by atoms with Gasteiger partial charge in [0.1, 0.15) is 23.9 Å². The molecular weight excluding hydrogens is 503 g/mol. The van der Waals surface area contributed by atoms with Gasteiger partial charge in [-0.25, -0.2) is 4.39 Å². The minimum atomic E-state index is -0.714. The Morgan fingerprint density at radius 3 is 2.40 bits per heavy atom. The maximum Gasteiger partial charge on any atom is 0.308 e. The van der Waals surface area contributed by atoms with E-state index in [1.54, 1.807) is 19.2 Å². The maximum atomic E-state index is 15.1. The lowest BCUT2D eigenvalue weighted by Gasteiger charge is -2.25. The molecule has 0 radical (unpaired) electrons. The highest BCUT2D eigenvalue weighted by atomic mass is 19.1. The summed E-state index contributed by atoms with van der Waals surface area (Å²) in [5, 5.41) is 9.90. The molecule has 3 aliphatic carbocycles. The van der Waals surface area contributed by atoms with Crippen LogP contribution in [0.25, 0.3) is 16.7 Å². The molecule has 1 N–H and O–H groups in total. The van der Waals surface area contributed by atoms with Gasteiger partial charge >= 0.3 is 5.97 Å². The molecular formula is C35H37FO4. The highest BCUT2D eigenvalue weighted by Gasteiger charge is 2.76. The predicted octanol–water partition coefficient (Wildman–Crippen LogP) is 8.21. The minimum Gasteiger partial charge on any atom is -0.497 e. The number of benzene rings is 3. The molecule has 3 aromatic carbocycles. The quantitative estimate of drug-likeness (QED) is 0.328. The van der Waals surface area contributed by atoms with Crippen LogP contribution >= 0.6 is 0 Å². The van der Waals surface area contributed by atoms with Crippen LogP contribution in [0.4, 0.5) is 4.39 Å². The van der Waals surface area contributed by atoms with Crippen LogP contribution in [0.5, 0.6) is 11.5 Å². The van der Waals surface area contributed by atoms with Crippen molar-refractivity contribution < 1.29 is 23.8 Å². The van der Waals surface area contributed by atoms with Crippen LogP contribution in [0.3, 0.4) is 0 Å². The molecule has 0 saturated heterocycles. The van der Waals surface area contributed by atoms with Gasteiger partial charge in [0.15, 0.2) is 0 Å². The minimum absolute atomic E-state index is 0.0182. The third kappa shape index (κ3) is 3.96. The zero-order valence-corrected chi connectivity index (χ0v) is 23.9. The van der Waals surface area contributed by atoms with E-state index in [0.29, 0.717) is 17.9 Å². The number of carboxylic acid groups (broad SMARTS) is 1. The van der Waals surface area contributed by atoms with Gasteiger partial charge in [-0.2, -0.15) is 0 Å². The summed E-state index contributed by atoms with van der Waals surface area (Å²) in [4.78, 5) is 12.1. The number of carboxylic acids is 1. The number of methoxy groups -OCH3 is 1. The highest BCUT2D eigenvalue weighted by Crippen LogP contribution is 2.74. The van der Waals surface area contributed by atoms with Crippen molar-refractivity contribution >= 4 is 11.5 Å². The fourth-order valence-corrected chi connectivity index (χ4v) is 7.69. The van der Waals surface area contributed by atoms with E-state index in [2.05, 4.69) is 52.0 Å². The number of ether oxygens (including phenoxy) is 2. The number of hydrogen-bond acceptors (Lipinski definition) is 3. The number of carbonyl (C=O) groups is 1. The number of allylic oxidation sites excluding steroid dienone is 2. The third-order valence-electron chi connectivity index (χ3n) is 9.97. The Kier molecular flexibility index (Phi) is 6.14. The normalized spacial score (nSPS) is 23.6. The van der Waals surface area contributed by atoms with Crippen molar-refractivity contribution in [1.29, 1.82) is 0 Å². The lowest BCUT2D eigenvalue weighted by atomic mass is 9.79. The van der Waals surface area contributed by atoms with Gasteiger partial charge in [0.2, 0.25) is 0 Å². The van der Waals surface area contributed by atoms with Crippen molar-refractivity contribution in [2.24, 2.45) is 16.7 Å². The fourth-order valence-electron chi connectivity index (χ4n) is 7.69. The Bertz CT molecular complexity index is 1550. The van der Waals surface area contributed by atoms with Crippen LogP contribution in [-0.4, -0.2) is 18.2 Å². The molecule has 1 spiro atoms. The second-order valence-electron chi connectivity index (χ2n) is 12.8. The van der Waals surface area contributed by atoms with Crippen molar-refractivity contribution in [2.75, 3.05) is 7.11 Å². The van der Waals surface area contributed by atoms with Gasteiger partial charge in [-0.1, -0.05) is 52.0 Å². The summed E-state index contributed by atoms with van der Waals surface area (Å²) in [6.07, 6.45) is 6.09. The molecule has 1 fully saturated rings. The summed E-state index contributed by atoms with van der Waals surface area (Å²) in [6.45, 7) is 8.98. The largest absolute Gasteiger partial charge is 0.497 e. The molecule has 1 saturated carbocycles. The van der Waals surface area contributed by atoms with Gasteiger partial charge < -0.3 is 14.6 Å². The fraction of sp³-hybridized carbons (Fsp3) is 0.400. The van der Waals surface area contributed by atoms with Gasteiger partial charge in [-0.05, 0) is 106 Å². The topological polar surface area (TPSA) is 55.8 Å². The van der Waals surface area contributed by atoms with E-state index >= 15 is 4.39 Å². The molecule has 0 aliphatic heterocycles. The first-order chi connectivity index (χ1) is 19.0.